The number of carbonyl (C=O) groups is 2. The molecule has 0 aliphatic carbocycles. The Kier molecular flexibility index (Phi) is 7.35. The molecule has 0 amide bonds. The summed E-state index contributed by atoms with van der Waals surface area (Å²) < 4.78 is 58.3. The lowest BCUT2D eigenvalue weighted by Gasteiger charge is -2.13. The van der Waals surface area contributed by atoms with E-state index >= 15 is 0 Å². The molecule has 1 heterocycles. The second kappa shape index (κ2) is 9.89. The zero-order valence-corrected chi connectivity index (χ0v) is 19.7. The van der Waals surface area contributed by atoms with Gasteiger partial charge in [0, 0.05) is 21.9 Å². The van der Waals surface area contributed by atoms with Crippen molar-refractivity contribution in [2.45, 2.75) is 32.9 Å². The number of halogens is 3. The van der Waals surface area contributed by atoms with Crippen molar-refractivity contribution in [1.82, 2.24) is 0 Å². The van der Waals surface area contributed by atoms with E-state index in [2.05, 4.69) is 13.2 Å². The van der Waals surface area contributed by atoms with Gasteiger partial charge in [0.15, 0.2) is 0 Å². The zero-order valence-electron chi connectivity index (χ0n) is 18.9. The van der Waals surface area contributed by atoms with Gasteiger partial charge in [-0.1, -0.05) is 25.3 Å². The second-order valence-corrected chi connectivity index (χ2v) is 8.76. The van der Waals surface area contributed by atoms with Crippen LogP contribution < -0.4 is 9.47 Å². The first-order valence-corrected chi connectivity index (χ1v) is 11.1. The third-order valence-corrected chi connectivity index (χ3v) is 6.26. The number of ether oxygens (including phenoxy) is 3. The molecule has 0 radical (unpaired) electrons. The van der Waals surface area contributed by atoms with Crippen molar-refractivity contribution < 1.29 is 37.0 Å². The highest BCUT2D eigenvalue weighted by molar-refractivity contribution is 7.26. The van der Waals surface area contributed by atoms with Gasteiger partial charge in [-0.15, -0.1) is 11.3 Å². The summed E-state index contributed by atoms with van der Waals surface area (Å²) in [6.07, 6.45) is -3.76. The van der Waals surface area contributed by atoms with Gasteiger partial charge in [0.05, 0.1) is 23.1 Å². The fraction of sp³-hybridized carbons (Fsp3) is 0.280. The van der Waals surface area contributed by atoms with Crippen LogP contribution in [0.5, 0.6) is 11.5 Å². The monoisotopic (exact) mass is 492 g/mol. The van der Waals surface area contributed by atoms with E-state index in [4.69, 9.17) is 14.2 Å². The summed E-state index contributed by atoms with van der Waals surface area (Å²) in [5.74, 6) is -1.52. The summed E-state index contributed by atoms with van der Waals surface area (Å²) in [5, 5.41) is 0.972. The number of carbonyl (C=O) groups excluding carboxylic acids is 2. The Balaban J connectivity index is 2.06. The normalized spacial score (nSPS) is 11.5. The van der Waals surface area contributed by atoms with E-state index in [-0.39, 0.29) is 16.9 Å². The predicted octanol–water partition coefficient (Wildman–Crippen LogP) is 6.62. The van der Waals surface area contributed by atoms with Crippen LogP contribution in [-0.4, -0.2) is 25.7 Å². The molecule has 0 unspecified atom stereocenters. The highest BCUT2D eigenvalue weighted by Gasteiger charge is 2.38. The van der Waals surface area contributed by atoms with Crippen molar-refractivity contribution in [2.75, 3.05) is 13.7 Å². The number of esters is 2. The minimum absolute atomic E-state index is 0.00944. The predicted molar refractivity (Wildman–Crippen MR) is 125 cm³/mol. The standard InChI is InChI=1S/C25H23F3O5S/c1-13(2)23(29)32-12-6-7-15-8-9-17-16-10-11-18(33-24(30)14(3)4)19(25(26,27)28)21(16)34-22(17)20(15)31-5/h8-11H,1,3,6-7,12H2,2,4-5H3. The molecule has 0 saturated carbocycles. The Morgan fingerprint density at radius 1 is 0.971 bits per heavy atom. The molecule has 9 heteroatoms. The van der Waals surface area contributed by atoms with Gasteiger partial charge in [-0.2, -0.15) is 13.2 Å². The number of fused-ring (bicyclic) bond motifs is 3. The molecule has 5 nitrogen and oxygen atoms in total. The fourth-order valence-corrected chi connectivity index (χ4v) is 4.82. The van der Waals surface area contributed by atoms with Crippen LogP contribution in [0, 0.1) is 0 Å². The fourth-order valence-electron chi connectivity index (χ4n) is 3.41. The second-order valence-electron chi connectivity index (χ2n) is 7.74. The molecular formula is C25H23F3O5S. The van der Waals surface area contributed by atoms with E-state index in [1.165, 1.54) is 20.1 Å². The molecule has 3 rings (SSSR count). The minimum Gasteiger partial charge on any atom is -0.495 e. The first kappa shape index (κ1) is 25.3. The SMILES string of the molecule is C=C(C)C(=O)OCCCc1ccc2c(sc3c(C(F)(F)F)c(OC(=O)C(=C)C)ccc32)c1OC. The molecule has 2 aromatic carbocycles. The van der Waals surface area contributed by atoms with Gasteiger partial charge >= 0.3 is 18.1 Å². The number of hydrogen-bond donors (Lipinski definition) is 0. The van der Waals surface area contributed by atoms with Crippen molar-refractivity contribution >= 4 is 43.4 Å². The van der Waals surface area contributed by atoms with Crippen LogP contribution >= 0.6 is 11.3 Å². The van der Waals surface area contributed by atoms with Gasteiger partial charge in [0.25, 0.3) is 0 Å². The maximum atomic E-state index is 14.1. The molecular weight excluding hydrogens is 469 g/mol. The maximum absolute atomic E-state index is 14.1. The molecule has 34 heavy (non-hydrogen) atoms. The van der Waals surface area contributed by atoms with E-state index < -0.39 is 29.4 Å². The molecule has 1 aromatic heterocycles. The molecule has 0 atom stereocenters. The molecule has 0 spiro atoms. The first-order chi connectivity index (χ1) is 16.0. The van der Waals surface area contributed by atoms with E-state index in [1.807, 2.05) is 0 Å². The van der Waals surface area contributed by atoms with Gasteiger partial charge in [-0.25, -0.2) is 9.59 Å². The van der Waals surface area contributed by atoms with Gasteiger partial charge in [0.2, 0.25) is 0 Å². The van der Waals surface area contributed by atoms with Crippen molar-refractivity contribution in [1.29, 1.82) is 0 Å². The zero-order chi connectivity index (χ0) is 25.2. The number of benzene rings is 2. The van der Waals surface area contributed by atoms with Crippen LogP contribution in [0.3, 0.4) is 0 Å². The summed E-state index contributed by atoms with van der Waals surface area (Å²) in [6.45, 7) is 10.0. The van der Waals surface area contributed by atoms with Gasteiger partial charge in [0.1, 0.15) is 17.1 Å². The molecule has 0 fully saturated rings. The lowest BCUT2D eigenvalue weighted by Crippen LogP contribution is -2.14. The lowest BCUT2D eigenvalue weighted by atomic mass is 10.0. The summed E-state index contributed by atoms with van der Waals surface area (Å²) >= 11 is 0.923. The van der Waals surface area contributed by atoms with Crippen molar-refractivity contribution in [3.63, 3.8) is 0 Å². The third kappa shape index (κ3) is 5.09. The average Bonchev–Trinajstić information content (AvgIpc) is 3.13. The summed E-state index contributed by atoms with van der Waals surface area (Å²) in [7, 11) is 1.45. The number of rotatable bonds is 8. The van der Waals surface area contributed by atoms with Crippen LogP contribution in [0.2, 0.25) is 0 Å². The Morgan fingerprint density at radius 3 is 2.18 bits per heavy atom. The van der Waals surface area contributed by atoms with E-state index in [1.54, 1.807) is 19.1 Å². The highest BCUT2D eigenvalue weighted by Crippen LogP contribution is 2.49. The molecule has 0 N–H and O–H groups in total. The average molecular weight is 493 g/mol. The van der Waals surface area contributed by atoms with Gasteiger partial charge < -0.3 is 14.2 Å². The lowest BCUT2D eigenvalue weighted by molar-refractivity contribution is -0.140. The van der Waals surface area contributed by atoms with Crippen molar-refractivity contribution in [3.8, 4) is 11.5 Å². The number of hydrogen-bond acceptors (Lipinski definition) is 6. The molecule has 0 saturated heterocycles. The van der Waals surface area contributed by atoms with Crippen LogP contribution in [0.15, 0.2) is 48.6 Å². The van der Waals surface area contributed by atoms with Gasteiger partial charge in [-0.3, -0.25) is 0 Å². The summed E-state index contributed by atoms with van der Waals surface area (Å²) in [4.78, 5) is 23.4. The molecule has 3 aromatic rings. The molecule has 180 valence electrons. The number of alkyl halides is 3. The van der Waals surface area contributed by atoms with Crippen LogP contribution in [-0.2, 0) is 26.9 Å². The minimum atomic E-state index is -4.76. The van der Waals surface area contributed by atoms with Crippen LogP contribution in [0.4, 0.5) is 13.2 Å². The first-order valence-electron chi connectivity index (χ1n) is 10.3. The van der Waals surface area contributed by atoms with E-state index in [0.29, 0.717) is 39.6 Å². The van der Waals surface area contributed by atoms with Crippen LogP contribution in [0.1, 0.15) is 31.4 Å². The Hall–Kier alpha value is -3.33. The van der Waals surface area contributed by atoms with E-state index in [9.17, 15) is 22.8 Å². The largest absolute Gasteiger partial charge is 0.495 e. The maximum Gasteiger partial charge on any atom is 0.421 e. The van der Waals surface area contributed by atoms with E-state index in [0.717, 1.165) is 23.0 Å². The topological polar surface area (TPSA) is 61.8 Å². The third-order valence-electron chi connectivity index (χ3n) is 5.02. The Bertz CT molecular complexity index is 1300. The van der Waals surface area contributed by atoms with Gasteiger partial charge in [-0.05, 0) is 44.4 Å². The van der Waals surface area contributed by atoms with Crippen LogP contribution in [0.25, 0.3) is 20.2 Å². The molecule has 0 aliphatic rings. The highest BCUT2D eigenvalue weighted by atomic mass is 32.1. The summed E-state index contributed by atoms with van der Waals surface area (Å²) in [5.41, 5.74) is 0.0504. The van der Waals surface area contributed by atoms with Crippen molar-refractivity contribution in [2.24, 2.45) is 0 Å². The molecule has 0 bridgehead atoms. The molecule has 0 aliphatic heterocycles. The smallest absolute Gasteiger partial charge is 0.421 e. The number of thiophene rings is 1. The number of aryl methyl sites for hydroxylation is 1. The number of methoxy groups -OCH3 is 1. The quantitative estimate of drug-likeness (QED) is 0.153. The van der Waals surface area contributed by atoms with Crippen molar-refractivity contribution in [3.05, 3.63) is 59.7 Å². The Morgan fingerprint density at radius 2 is 1.59 bits per heavy atom. The summed E-state index contributed by atoms with van der Waals surface area (Å²) in [6, 6.07) is 6.18. The Labute approximate surface area is 198 Å².